The maximum absolute atomic E-state index is 13.9. The van der Waals surface area contributed by atoms with Crippen LogP contribution >= 0.6 is 11.8 Å². The normalized spacial score (nSPS) is 15.0. The molecule has 0 radical (unpaired) electrons. The van der Waals surface area contributed by atoms with Crippen LogP contribution in [0.1, 0.15) is 23.6 Å². The number of methoxy groups -OCH3 is 1. The first-order chi connectivity index (χ1) is 14.5. The lowest BCUT2D eigenvalue weighted by molar-refractivity contribution is -0.123. The van der Waals surface area contributed by atoms with E-state index in [9.17, 15) is 14.0 Å². The van der Waals surface area contributed by atoms with Crippen molar-refractivity contribution in [2.24, 2.45) is 0 Å². The number of imide groups is 1. The first-order valence-electron chi connectivity index (χ1n) is 9.41. The number of amides is 2. The van der Waals surface area contributed by atoms with Gasteiger partial charge in [-0.25, -0.2) is 4.39 Å². The lowest BCUT2D eigenvalue weighted by Gasteiger charge is -2.15. The number of hydrogen-bond acceptors (Lipinski definition) is 5. The summed E-state index contributed by atoms with van der Waals surface area (Å²) in [6, 6.07) is 9.72. The molecule has 156 valence electrons. The molecule has 1 saturated heterocycles. The molecule has 2 amide bonds. The number of nitrogens with zero attached hydrogens (tertiary/aromatic N) is 1. The number of ether oxygens (including phenoxy) is 2. The molecule has 0 bridgehead atoms. The fourth-order valence-corrected chi connectivity index (χ4v) is 3.99. The molecule has 3 rings (SSSR count). The maximum Gasteiger partial charge on any atom is 0.293 e. The maximum atomic E-state index is 13.9. The van der Waals surface area contributed by atoms with Crippen molar-refractivity contribution in [3.05, 3.63) is 76.5 Å². The monoisotopic (exact) mass is 427 g/mol. The van der Waals surface area contributed by atoms with Gasteiger partial charge in [0, 0.05) is 11.1 Å². The smallest absolute Gasteiger partial charge is 0.293 e. The van der Waals surface area contributed by atoms with E-state index in [1.807, 2.05) is 13.0 Å². The van der Waals surface area contributed by atoms with Gasteiger partial charge in [0.15, 0.2) is 11.5 Å². The summed E-state index contributed by atoms with van der Waals surface area (Å²) in [5.74, 6) is 0.260. The number of carbonyl (C=O) groups is 2. The van der Waals surface area contributed by atoms with Crippen molar-refractivity contribution in [1.82, 2.24) is 4.90 Å². The molecule has 2 aromatic carbocycles. The summed E-state index contributed by atoms with van der Waals surface area (Å²) in [6.07, 6.45) is 3.94. The highest BCUT2D eigenvalue weighted by molar-refractivity contribution is 8.18. The van der Waals surface area contributed by atoms with Crippen LogP contribution in [0, 0.1) is 5.82 Å². The van der Waals surface area contributed by atoms with Crippen molar-refractivity contribution >= 4 is 29.0 Å². The minimum Gasteiger partial charge on any atom is -0.493 e. The Bertz CT molecular complexity index is 1020. The van der Waals surface area contributed by atoms with E-state index in [1.165, 1.54) is 6.07 Å². The molecule has 0 spiro atoms. The zero-order valence-corrected chi connectivity index (χ0v) is 17.6. The van der Waals surface area contributed by atoms with Crippen LogP contribution in [0.4, 0.5) is 9.18 Å². The topological polar surface area (TPSA) is 55.8 Å². The van der Waals surface area contributed by atoms with Crippen LogP contribution in [0.15, 0.2) is 54.0 Å². The van der Waals surface area contributed by atoms with Crippen LogP contribution in [-0.2, 0) is 17.8 Å². The third-order valence-corrected chi connectivity index (χ3v) is 5.39. The molecule has 1 heterocycles. The quantitative estimate of drug-likeness (QED) is 0.428. The molecule has 0 N–H and O–H groups in total. The minimum absolute atomic E-state index is 0.108. The highest BCUT2D eigenvalue weighted by atomic mass is 32.2. The highest BCUT2D eigenvalue weighted by Crippen LogP contribution is 2.37. The van der Waals surface area contributed by atoms with Crippen molar-refractivity contribution in [2.45, 2.75) is 19.9 Å². The molecular weight excluding hydrogens is 405 g/mol. The number of carbonyl (C=O) groups excluding carboxylic acids is 2. The molecule has 0 saturated carbocycles. The third kappa shape index (κ3) is 4.57. The van der Waals surface area contributed by atoms with Crippen LogP contribution in [0.5, 0.6) is 11.5 Å². The first kappa shape index (κ1) is 21.6. The van der Waals surface area contributed by atoms with Gasteiger partial charge in [0.25, 0.3) is 11.1 Å². The Balaban J connectivity index is 1.93. The Kier molecular flexibility index (Phi) is 6.95. The first-order valence-corrected chi connectivity index (χ1v) is 10.2. The van der Waals surface area contributed by atoms with Gasteiger partial charge in [-0.05, 0) is 54.9 Å². The number of rotatable bonds is 8. The van der Waals surface area contributed by atoms with Gasteiger partial charge >= 0.3 is 0 Å². The van der Waals surface area contributed by atoms with Crippen molar-refractivity contribution < 1.29 is 23.5 Å². The molecule has 1 fully saturated rings. The summed E-state index contributed by atoms with van der Waals surface area (Å²) in [5.41, 5.74) is 1.85. The second kappa shape index (κ2) is 9.63. The number of thioether (sulfide) groups is 1. The standard InChI is InChI=1S/C23H22FNO4S/c1-4-8-16-11-15(12-19(29-5-2)21(16)28-3)13-20-22(26)25(23(27)30-20)14-17-9-6-7-10-18(17)24/h4,6-7,9-13H,1,5,8,14H2,2-3H3/b20-13+. The molecular formula is C23H22FNO4S. The molecule has 0 aromatic heterocycles. The van der Waals surface area contributed by atoms with Crippen LogP contribution in [0.25, 0.3) is 6.08 Å². The van der Waals surface area contributed by atoms with Crippen LogP contribution in [0.3, 0.4) is 0 Å². The van der Waals surface area contributed by atoms with Crippen molar-refractivity contribution in [3.63, 3.8) is 0 Å². The Morgan fingerprint density at radius 3 is 2.63 bits per heavy atom. The zero-order valence-electron chi connectivity index (χ0n) is 16.8. The molecule has 7 heteroatoms. The summed E-state index contributed by atoms with van der Waals surface area (Å²) in [6.45, 7) is 5.98. The average Bonchev–Trinajstić information content (AvgIpc) is 2.97. The Labute approximate surface area is 179 Å². The van der Waals surface area contributed by atoms with Crippen molar-refractivity contribution in [3.8, 4) is 11.5 Å². The molecule has 0 unspecified atom stereocenters. The molecule has 5 nitrogen and oxygen atoms in total. The molecule has 0 aliphatic carbocycles. The van der Waals surface area contributed by atoms with Gasteiger partial charge in [0.1, 0.15) is 5.82 Å². The second-order valence-corrected chi connectivity index (χ2v) is 7.49. The Morgan fingerprint density at radius 1 is 1.20 bits per heavy atom. The van der Waals surface area contributed by atoms with E-state index in [-0.39, 0.29) is 17.0 Å². The predicted molar refractivity (Wildman–Crippen MR) is 116 cm³/mol. The summed E-state index contributed by atoms with van der Waals surface area (Å²) in [4.78, 5) is 26.5. The van der Waals surface area contributed by atoms with E-state index in [0.29, 0.717) is 30.1 Å². The van der Waals surface area contributed by atoms with Crippen LogP contribution < -0.4 is 9.47 Å². The van der Waals surface area contributed by atoms with Crippen LogP contribution in [-0.4, -0.2) is 29.8 Å². The summed E-state index contributed by atoms with van der Waals surface area (Å²) < 4.78 is 25.1. The summed E-state index contributed by atoms with van der Waals surface area (Å²) >= 11 is 0.834. The lowest BCUT2D eigenvalue weighted by Crippen LogP contribution is -2.27. The SMILES string of the molecule is C=CCc1cc(/C=C2/SC(=O)N(Cc3ccccc3F)C2=O)cc(OCC)c1OC. The van der Waals surface area contributed by atoms with Gasteiger partial charge in [-0.2, -0.15) is 0 Å². The second-order valence-electron chi connectivity index (χ2n) is 6.50. The number of allylic oxidation sites excluding steroid dienone is 1. The van der Waals surface area contributed by atoms with E-state index in [0.717, 1.165) is 22.2 Å². The molecule has 30 heavy (non-hydrogen) atoms. The summed E-state index contributed by atoms with van der Waals surface area (Å²) in [7, 11) is 1.57. The third-order valence-electron chi connectivity index (χ3n) is 4.48. The van der Waals surface area contributed by atoms with Gasteiger partial charge in [-0.15, -0.1) is 6.58 Å². The molecule has 1 aliphatic heterocycles. The van der Waals surface area contributed by atoms with Crippen molar-refractivity contribution in [1.29, 1.82) is 0 Å². The van der Waals surface area contributed by atoms with E-state index < -0.39 is 17.0 Å². The highest BCUT2D eigenvalue weighted by Gasteiger charge is 2.35. The average molecular weight is 427 g/mol. The summed E-state index contributed by atoms with van der Waals surface area (Å²) in [5, 5.41) is -0.431. The number of benzene rings is 2. The number of hydrogen-bond donors (Lipinski definition) is 0. The van der Waals surface area contributed by atoms with Gasteiger partial charge in [-0.3, -0.25) is 14.5 Å². The number of halogens is 1. The van der Waals surface area contributed by atoms with E-state index >= 15 is 0 Å². The molecule has 0 atom stereocenters. The van der Waals surface area contributed by atoms with Crippen molar-refractivity contribution in [2.75, 3.05) is 13.7 Å². The van der Waals surface area contributed by atoms with E-state index in [1.54, 1.807) is 43.5 Å². The fourth-order valence-electron chi connectivity index (χ4n) is 3.15. The van der Waals surface area contributed by atoms with Crippen LogP contribution in [0.2, 0.25) is 0 Å². The van der Waals surface area contributed by atoms with Gasteiger partial charge in [0.2, 0.25) is 0 Å². The van der Waals surface area contributed by atoms with E-state index in [4.69, 9.17) is 9.47 Å². The Hall–Kier alpha value is -3.06. The fraction of sp³-hybridized carbons (Fsp3) is 0.217. The van der Waals surface area contributed by atoms with Gasteiger partial charge in [0.05, 0.1) is 25.2 Å². The predicted octanol–water partition coefficient (Wildman–Crippen LogP) is 5.20. The largest absolute Gasteiger partial charge is 0.493 e. The van der Waals surface area contributed by atoms with E-state index in [2.05, 4.69) is 6.58 Å². The lowest BCUT2D eigenvalue weighted by atomic mass is 10.0. The van der Waals surface area contributed by atoms with Gasteiger partial charge in [-0.1, -0.05) is 24.3 Å². The molecule has 2 aromatic rings. The molecule has 1 aliphatic rings. The van der Waals surface area contributed by atoms with Gasteiger partial charge < -0.3 is 9.47 Å². The minimum atomic E-state index is -0.453. The zero-order chi connectivity index (χ0) is 21.7. The Morgan fingerprint density at radius 2 is 1.97 bits per heavy atom.